The molecule has 0 bridgehead atoms. The summed E-state index contributed by atoms with van der Waals surface area (Å²) in [6.07, 6.45) is 0.394. The van der Waals surface area contributed by atoms with Gasteiger partial charge in [0.15, 0.2) is 0 Å². The fourth-order valence-corrected chi connectivity index (χ4v) is 2.28. The van der Waals surface area contributed by atoms with Crippen molar-refractivity contribution in [2.24, 2.45) is 0 Å². The SMILES string of the molecule is COC(=O)CCSc1ccc(OC)c(Cl)c1. The van der Waals surface area contributed by atoms with Gasteiger partial charge in [0.05, 0.1) is 25.7 Å². The first-order valence-electron chi connectivity index (χ1n) is 4.70. The van der Waals surface area contributed by atoms with Crippen LogP contribution < -0.4 is 4.74 Å². The van der Waals surface area contributed by atoms with Crippen LogP contribution in [0, 0.1) is 0 Å². The summed E-state index contributed by atoms with van der Waals surface area (Å²) in [4.78, 5) is 11.9. The molecule has 0 spiro atoms. The lowest BCUT2D eigenvalue weighted by Crippen LogP contribution is -2.00. The van der Waals surface area contributed by atoms with Crippen LogP contribution in [0.3, 0.4) is 0 Å². The van der Waals surface area contributed by atoms with Gasteiger partial charge in [-0.15, -0.1) is 11.8 Å². The highest BCUT2D eigenvalue weighted by Crippen LogP contribution is 2.29. The number of hydrogen-bond donors (Lipinski definition) is 0. The van der Waals surface area contributed by atoms with Gasteiger partial charge in [0.25, 0.3) is 0 Å². The summed E-state index contributed by atoms with van der Waals surface area (Å²) >= 11 is 7.52. The molecule has 0 fully saturated rings. The van der Waals surface area contributed by atoms with Crippen LogP contribution in [0.4, 0.5) is 0 Å². The Kier molecular flexibility index (Phi) is 5.49. The molecule has 0 heterocycles. The quantitative estimate of drug-likeness (QED) is 0.602. The monoisotopic (exact) mass is 260 g/mol. The van der Waals surface area contributed by atoms with E-state index in [-0.39, 0.29) is 5.97 Å². The first-order chi connectivity index (χ1) is 7.67. The maximum absolute atomic E-state index is 10.9. The van der Waals surface area contributed by atoms with Crippen molar-refractivity contribution in [2.75, 3.05) is 20.0 Å². The highest BCUT2D eigenvalue weighted by Gasteiger charge is 2.04. The molecule has 0 aromatic heterocycles. The molecule has 0 aliphatic heterocycles. The Bertz CT molecular complexity index is 368. The summed E-state index contributed by atoms with van der Waals surface area (Å²) in [5, 5.41) is 0.575. The summed E-state index contributed by atoms with van der Waals surface area (Å²) in [5.41, 5.74) is 0. The standard InChI is InChI=1S/C11H13ClO3S/c1-14-10-4-3-8(7-9(10)12)16-6-5-11(13)15-2/h3-4,7H,5-6H2,1-2H3. The zero-order chi connectivity index (χ0) is 12.0. The van der Waals surface area contributed by atoms with E-state index < -0.39 is 0 Å². The maximum atomic E-state index is 10.9. The van der Waals surface area contributed by atoms with Crippen LogP contribution in [-0.2, 0) is 9.53 Å². The molecule has 0 atom stereocenters. The van der Waals surface area contributed by atoms with Gasteiger partial charge in [0, 0.05) is 10.6 Å². The fraction of sp³-hybridized carbons (Fsp3) is 0.364. The minimum atomic E-state index is -0.202. The third-order valence-corrected chi connectivity index (χ3v) is 3.22. The maximum Gasteiger partial charge on any atom is 0.306 e. The second-order valence-electron chi connectivity index (χ2n) is 2.97. The minimum Gasteiger partial charge on any atom is -0.495 e. The molecule has 88 valence electrons. The highest BCUT2D eigenvalue weighted by atomic mass is 35.5. The summed E-state index contributed by atoms with van der Waals surface area (Å²) in [6.45, 7) is 0. The molecule has 0 aliphatic rings. The Labute approximate surface area is 104 Å². The van der Waals surface area contributed by atoms with Crippen LogP contribution in [0.2, 0.25) is 5.02 Å². The van der Waals surface area contributed by atoms with E-state index in [2.05, 4.69) is 4.74 Å². The van der Waals surface area contributed by atoms with E-state index in [1.165, 1.54) is 7.11 Å². The predicted octanol–water partition coefficient (Wildman–Crippen LogP) is 3.00. The van der Waals surface area contributed by atoms with Crippen LogP contribution >= 0.6 is 23.4 Å². The Morgan fingerprint density at radius 2 is 2.19 bits per heavy atom. The van der Waals surface area contributed by atoms with Gasteiger partial charge in [-0.05, 0) is 18.2 Å². The molecular weight excluding hydrogens is 248 g/mol. The number of benzene rings is 1. The van der Waals surface area contributed by atoms with Crippen molar-refractivity contribution >= 4 is 29.3 Å². The molecule has 16 heavy (non-hydrogen) atoms. The molecular formula is C11H13ClO3S. The lowest BCUT2D eigenvalue weighted by atomic mass is 10.3. The number of rotatable bonds is 5. The van der Waals surface area contributed by atoms with Crippen molar-refractivity contribution in [1.82, 2.24) is 0 Å². The zero-order valence-electron chi connectivity index (χ0n) is 9.16. The van der Waals surface area contributed by atoms with E-state index in [9.17, 15) is 4.79 Å². The number of carbonyl (C=O) groups excluding carboxylic acids is 1. The largest absolute Gasteiger partial charge is 0.495 e. The summed E-state index contributed by atoms with van der Waals surface area (Å²) in [6, 6.07) is 5.54. The molecule has 0 saturated heterocycles. The highest BCUT2D eigenvalue weighted by molar-refractivity contribution is 7.99. The van der Waals surface area contributed by atoms with Gasteiger partial charge in [-0.3, -0.25) is 4.79 Å². The first kappa shape index (κ1) is 13.2. The topological polar surface area (TPSA) is 35.5 Å². The van der Waals surface area contributed by atoms with E-state index in [4.69, 9.17) is 16.3 Å². The van der Waals surface area contributed by atoms with Gasteiger partial charge in [-0.25, -0.2) is 0 Å². The molecule has 0 unspecified atom stereocenters. The number of carbonyl (C=O) groups is 1. The number of methoxy groups -OCH3 is 2. The molecule has 0 N–H and O–H groups in total. The van der Waals surface area contributed by atoms with E-state index >= 15 is 0 Å². The number of halogens is 1. The Morgan fingerprint density at radius 3 is 2.75 bits per heavy atom. The van der Waals surface area contributed by atoms with E-state index in [0.29, 0.717) is 22.9 Å². The molecule has 3 nitrogen and oxygen atoms in total. The number of hydrogen-bond acceptors (Lipinski definition) is 4. The van der Waals surface area contributed by atoms with Gasteiger partial charge < -0.3 is 9.47 Å². The lowest BCUT2D eigenvalue weighted by molar-refractivity contribution is -0.140. The van der Waals surface area contributed by atoms with Gasteiger partial charge in [0.1, 0.15) is 5.75 Å². The Morgan fingerprint density at radius 1 is 1.44 bits per heavy atom. The number of ether oxygens (including phenoxy) is 2. The van der Waals surface area contributed by atoms with Gasteiger partial charge in [-0.1, -0.05) is 11.6 Å². The predicted molar refractivity (Wildman–Crippen MR) is 65.4 cm³/mol. The normalized spacial score (nSPS) is 9.94. The average molecular weight is 261 g/mol. The van der Waals surface area contributed by atoms with Crippen molar-refractivity contribution in [2.45, 2.75) is 11.3 Å². The van der Waals surface area contributed by atoms with Crippen molar-refractivity contribution in [1.29, 1.82) is 0 Å². The second kappa shape index (κ2) is 6.66. The molecule has 1 rings (SSSR count). The summed E-state index contributed by atoms with van der Waals surface area (Å²) < 4.78 is 9.59. The third-order valence-electron chi connectivity index (χ3n) is 1.93. The van der Waals surface area contributed by atoms with Crippen molar-refractivity contribution in [3.05, 3.63) is 23.2 Å². The molecule has 0 radical (unpaired) electrons. The zero-order valence-corrected chi connectivity index (χ0v) is 10.7. The summed E-state index contributed by atoms with van der Waals surface area (Å²) in [7, 11) is 2.96. The first-order valence-corrected chi connectivity index (χ1v) is 6.07. The van der Waals surface area contributed by atoms with E-state index in [1.54, 1.807) is 18.9 Å². The Balaban J connectivity index is 2.49. The van der Waals surface area contributed by atoms with Crippen LogP contribution in [-0.4, -0.2) is 25.9 Å². The third kappa shape index (κ3) is 3.94. The summed E-state index contributed by atoms with van der Waals surface area (Å²) in [5.74, 6) is 1.13. The lowest BCUT2D eigenvalue weighted by Gasteiger charge is -2.05. The molecule has 0 amide bonds. The number of thioether (sulfide) groups is 1. The molecule has 1 aromatic rings. The van der Waals surface area contributed by atoms with E-state index in [1.807, 2.05) is 18.2 Å². The van der Waals surface area contributed by atoms with Crippen LogP contribution in [0.5, 0.6) is 5.75 Å². The second-order valence-corrected chi connectivity index (χ2v) is 4.55. The Hall–Kier alpha value is -0.870. The van der Waals surface area contributed by atoms with Crippen LogP contribution in [0.1, 0.15) is 6.42 Å². The van der Waals surface area contributed by atoms with Gasteiger partial charge in [0.2, 0.25) is 0 Å². The smallest absolute Gasteiger partial charge is 0.306 e. The molecule has 1 aromatic carbocycles. The molecule has 0 aliphatic carbocycles. The van der Waals surface area contributed by atoms with Crippen LogP contribution in [0.25, 0.3) is 0 Å². The van der Waals surface area contributed by atoms with Gasteiger partial charge >= 0.3 is 5.97 Å². The van der Waals surface area contributed by atoms with Crippen molar-refractivity contribution < 1.29 is 14.3 Å². The molecule has 0 saturated carbocycles. The van der Waals surface area contributed by atoms with Gasteiger partial charge in [-0.2, -0.15) is 0 Å². The van der Waals surface area contributed by atoms with E-state index in [0.717, 1.165) is 4.90 Å². The minimum absolute atomic E-state index is 0.202. The van der Waals surface area contributed by atoms with Crippen LogP contribution in [0.15, 0.2) is 23.1 Å². The average Bonchev–Trinajstić information content (AvgIpc) is 2.29. The van der Waals surface area contributed by atoms with Crippen molar-refractivity contribution in [3.63, 3.8) is 0 Å². The number of esters is 1. The molecule has 5 heteroatoms. The van der Waals surface area contributed by atoms with Crippen molar-refractivity contribution in [3.8, 4) is 5.75 Å². The fourth-order valence-electron chi connectivity index (χ4n) is 1.09.